The van der Waals surface area contributed by atoms with Gasteiger partial charge in [-0.25, -0.2) is 9.98 Å². The van der Waals surface area contributed by atoms with E-state index in [4.69, 9.17) is 14.4 Å². The number of hydrogen-bond acceptors (Lipinski definition) is 5. The SMILES string of the molecule is c1ccc2cc(C3=NC(c4cccc5oc6cnccc6c45)=NC(c4ccc5ccccc5c4)N3)ccc2c1. The van der Waals surface area contributed by atoms with E-state index in [9.17, 15) is 0 Å². The normalized spacial score (nSPS) is 15.4. The molecular formula is C34H22N4O. The van der Waals surface area contributed by atoms with E-state index in [-0.39, 0.29) is 6.17 Å². The molecule has 1 N–H and O–H groups in total. The molecular weight excluding hydrogens is 480 g/mol. The molecule has 0 spiro atoms. The van der Waals surface area contributed by atoms with Gasteiger partial charge < -0.3 is 9.73 Å². The third-order valence-corrected chi connectivity index (χ3v) is 7.40. The minimum atomic E-state index is -0.307. The number of pyridine rings is 1. The zero-order valence-electron chi connectivity index (χ0n) is 20.9. The van der Waals surface area contributed by atoms with Crippen LogP contribution in [-0.4, -0.2) is 16.7 Å². The largest absolute Gasteiger partial charge is 0.454 e. The third kappa shape index (κ3) is 3.67. The number of nitrogens with one attached hydrogen (secondary N) is 1. The second kappa shape index (κ2) is 8.64. The molecule has 1 atom stereocenters. The standard InChI is InChI=1S/C34H22N4O/c1-3-8-23-18-25(14-12-21(23)6-1)32-36-33(26-15-13-22-7-2-4-9-24(22)19-26)38-34(37-32)28-10-5-11-29-31(28)27-16-17-35-20-30(27)39-29/h1-20,32H,(H,36,37,38). The Balaban J connectivity index is 1.34. The lowest BCUT2D eigenvalue weighted by Crippen LogP contribution is -2.33. The van der Waals surface area contributed by atoms with Crippen molar-refractivity contribution in [2.24, 2.45) is 9.98 Å². The number of fused-ring (bicyclic) bond motifs is 5. The van der Waals surface area contributed by atoms with Crippen LogP contribution in [0.3, 0.4) is 0 Å². The Morgan fingerprint density at radius 3 is 2.28 bits per heavy atom. The summed E-state index contributed by atoms with van der Waals surface area (Å²) in [6.45, 7) is 0. The minimum Gasteiger partial charge on any atom is -0.454 e. The van der Waals surface area contributed by atoms with Crippen molar-refractivity contribution in [2.75, 3.05) is 0 Å². The van der Waals surface area contributed by atoms with Gasteiger partial charge in [0.1, 0.15) is 17.6 Å². The monoisotopic (exact) mass is 502 g/mol. The molecule has 39 heavy (non-hydrogen) atoms. The van der Waals surface area contributed by atoms with Crippen LogP contribution < -0.4 is 5.32 Å². The van der Waals surface area contributed by atoms with Gasteiger partial charge in [0.25, 0.3) is 0 Å². The Bertz CT molecular complexity index is 2120. The molecule has 0 aliphatic carbocycles. The lowest BCUT2D eigenvalue weighted by Gasteiger charge is -2.24. The number of benzene rings is 5. The summed E-state index contributed by atoms with van der Waals surface area (Å²) >= 11 is 0. The first-order chi connectivity index (χ1) is 19.3. The van der Waals surface area contributed by atoms with Crippen LogP contribution in [0.2, 0.25) is 0 Å². The molecule has 0 radical (unpaired) electrons. The molecule has 0 saturated heterocycles. The van der Waals surface area contributed by atoms with Crippen LogP contribution in [0.5, 0.6) is 0 Å². The fourth-order valence-electron chi connectivity index (χ4n) is 5.47. The molecule has 5 nitrogen and oxygen atoms in total. The molecule has 184 valence electrons. The Morgan fingerprint density at radius 2 is 1.44 bits per heavy atom. The zero-order chi connectivity index (χ0) is 25.8. The summed E-state index contributed by atoms with van der Waals surface area (Å²) in [5.41, 5.74) is 4.57. The average molecular weight is 503 g/mol. The molecule has 8 rings (SSSR count). The fourth-order valence-corrected chi connectivity index (χ4v) is 5.47. The third-order valence-electron chi connectivity index (χ3n) is 7.40. The molecule has 0 amide bonds. The van der Waals surface area contributed by atoms with Gasteiger partial charge >= 0.3 is 0 Å². The van der Waals surface area contributed by atoms with Gasteiger partial charge in [-0.2, -0.15) is 0 Å². The highest BCUT2D eigenvalue weighted by molar-refractivity contribution is 6.22. The number of aliphatic imine (C=N–C) groups is 2. The van der Waals surface area contributed by atoms with Crippen molar-refractivity contribution in [1.82, 2.24) is 10.3 Å². The summed E-state index contributed by atoms with van der Waals surface area (Å²) in [5.74, 6) is 1.45. The zero-order valence-corrected chi connectivity index (χ0v) is 20.9. The first-order valence-electron chi connectivity index (χ1n) is 13.0. The molecule has 0 bridgehead atoms. The molecule has 5 aromatic carbocycles. The Labute approximate surface area is 224 Å². The lowest BCUT2D eigenvalue weighted by atomic mass is 10.0. The van der Waals surface area contributed by atoms with Crippen LogP contribution in [0.15, 0.2) is 136 Å². The molecule has 1 aliphatic heterocycles. The summed E-state index contributed by atoms with van der Waals surface area (Å²) in [7, 11) is 0. The van der Waals surface area contributed by atoms with E-state index in [1.54, 1.807) is 12.4 Å². The highest BCUT2D eigenvalue weighted by Gasteiger charge is 2.24. The van der Waals surface area contributed by atoms with Crippen molar-refractivity contribution < 1.29 is 4.42 Å². The number of nitrogens with zero attached hydrogens (tertiary/aromatic N) is 3. The maximum Gasteiger partial charge on any atom is 0.160 e. The average Bonchev–Trinajstić information content (AvgIpc) is 3.39. The fraction of sp³-hybridized carbons (Fsp3) is 0.0294. The summed E-state index contributed by atoms with van der Waals surface area (Å²) < 4.78 is 6.12. The molecule has 1 unspecified atom stereocenters. The number of aromatic nitrogens is 1. The van der Waals surface area contributed by atoms with Gasteiger partial charge in [0.05, 0.1) is 6.20 Å². The van der Waals surface area contributed by atoms with Gasteiger partial charge in [0, 0.05) is 28.1 Å². The highest BCUT2D eigenvalue weighted by Crippen LogP contribution is 2.33. The highest BCUT2D eigenvalue weighted by atomic mass is 16.3. The molecule has 2 aromatic heterocycles. The summed E-state index contributed by atoms with van der Waals surface area (Å²) in [5, 5.41) is 10.4. The van der Waals surface area contributed by atoms with E-state index in [0.717, 1.165) is 44.5 Å². The van der Waals surface area contributed by atoms with Crippen molar-refractivity contribution >= 4 is 55.2 Å². The van der Waals surface area contributed by atoms with Gasteiger partial charge in [-0.1, -0.05) is 84.9 Å². The number of furan rings is 1. The topological polar surface area (TPSA) is 62.8 Å². The van der Waals surface area contributed by atoms with Crippen LogP contribution in [0.1, 0.15) is 22.9 Å². The van der Waals surface area contributed by atoms with E-state index in [0.29, 0.717) is 5.84 Å². The molecule has 0 saturated carbocycles. The molecule has 3 heterocycles. The van der Waals surface area contributed by atoms with Crippen LogP contribution in [0.4, 0.5) is 0 Å². The van der Waals surface area contributed by atoms with Gasteiger partial charge in [-0.3, -0.25) is 4.98 Å². The maximum absolute atomic E-state index is 6.12. The van der Waals surface area contributed by atoms with Crippen LogP contribution in [-0.2, 0) is 0 Å². The number of rotatable bonds is 3. The van der Waals surface area contributed by atoms with E-state index in [1.165, 1.54) is 21.5 Å². The Morgan fingerprint density at radius 1 is 0.667 bits per heavy atom. The van der Waals surface area contributed by atoms with Crippen LogP contribution in [0.25, 0.3) is 43.5 Å². The van der Waals surface area contributed by atoms with Gasteiger partial charge in [-0.05, 0) is 51.4 Å². The molecule has 1 aliphatic rings. The molecule has 5 heteroatoms. The predicted octanol–water partition coefficient (Wildman–Crippen LogP) is 7.78. The second-order valence-electron chi connectivity index (χ2n) is 9.78. The summed E-state index contributed by atoms with van der Waals surface area (Å²) in [6.07, 6.45) is 3.24. The molecule has 7 aromatic rings. The van der Waals surface area contributed by atoms with Crippen LogP contribution >= 0.6 is 0 Å². The van der Waals surface area contributed by atoms with Crippen molar-refractivity contribution in [3.63, 3.8) is 0 Å². The van der Waals surface area contributed by atoms with Crippen molar-refractivity contribution in [3.05, 3.63) is 138 Å². The van der Waals surface area contributed by atoms with Crippen molar-refractivity contribution in [2.45, 2.75) is 6.17 Å². The number of amidine groups is 2. The van der Waals surface area contributed by atoms with Crippen LogP contribution in [0, 0.1) is 0 Å². The quantitative estimate of drug-likeness (QED) is 0.268. The van der Waals surface area contributed by atoms with Gasteiger partial charge in [0.15, 0.2) is 11.4 Å². The van der Waals surface area contributed by atoms with Gasteiger partial charge in [-0.15, -0.1) is 0 Å². The first kappa shape index (κ1) is 21.8. The van der Waals surface area contributed by atoms with Crippen molar-refractivity contribution in [3.8, 4) is 0 Å². The Kier molecular flexibility index (Phi) is 4.82. The minimum absolute atomic E-state index is 0.307. The smallest absolute Gasteiger partial charge is 0.160 e. The summed E-state index contributed by atoms with van der Waals surface area (Å²) in [4.78, 5) is 14.5. The van der Waals surface area contributed by atoms with Gasteiger partial charge in [0.2, 0.25) is 0 Å². The van der Waals surface area contributed by atoms with E-state index < -0.39 is 0 Å². The summed E-state index contributed by atoms with van der Waals surface area (Å²) in [6, 6.07) is 37.7. The lowest BCUT2D eigenvalue weighted by molar-refractivity contribution is 0.666. The first-order valence-corrected chi connectivity index (χ1v) is 13.0. The Hall–Kier alpha value is -5.29. The van der Waals surface area contributed by atoms with E-state index >= 15 is 0 Å². The predicted molar refractivity (Wildman–Crippen MR) is 158 cm³/mol. The maximum atomic E-state index is 6.12. The van der Waals surface area contributed by atoms with Crippen molar-refractivity contribution in [1.29, 1.82) is 0 Å². The van der Waals surface area contributed by atoms with E-state index in [1.807, 2.05) is 18.2 Å². The van der Waals surface area contributed by atoms with E-state index in [2.05, 4.69) is 101 Å². The molecule has 0 fully saturated rings. The second-order valence-corrected chi connectivity index (χ2v) is 9.78. The number of hydrogen-bond donors (Lipinski definition) is 1.